The third-order valence-electron chi connectivity index (χ3n) is 5.70. The standard InChI is InChI=1S/C24H33N5O3/c1-20-5-2-6-23(19-20)28-17-15-27(16-18-28)14-4-13-26-24(30)7-3-12-25-21-8-10-22(11-9-21)29(31)32/h2,5-6,8-11,19,25H,3-4,7,12-18H2,1H3,(H,26,30). The Kier molecular flexibility index (Phi) is 8.86. The average molecular weight is 440 g/mol. The molecular weight excluding hydrogens is 406 g/mol. The monoisotopic (exact) mass is 439 g/mol. The summed E-state index contributed by atoms with van der Waals surface area (Å²) in [7, 11) is 0. The first kappa shape index (κ1) is 23.5. The Bertz CT molecular complexity index is 879. The van der Waals surface area contributed by atoms with Crippen molar-refractivity contribution in [3.63, 3.8) is 0 Å². The van der Waals surface area contributed by atoms with Crippen LogP contribution >= 0.6 is 0 Å². The molecule has 1 amide bonds. The fourth-order valence-corrected chi connectivity index (χ4v) is 3.86. The number of aryl methyl sites for hydroxylation is 1. The SMILES string of the molecule is Cc1cccc(N2CCN(CCCNC(=O)CCCNc3ccc([N+](=O)[O-])cc3)CC2)c1. The van der Waals surface area contributed by atoms with Crippen LogP contribution in [0.1, 0.15) is 24.8 Å². The number of nitro groups is 1. The smallest absolute Gasteiger partial charge is 0.269 e. The third kappa shape index (κ3) is 7.53. The van der Waals surface area contributed by atoms with E-state index in [1.54, 1.807) is 12.1 Å². The first-order valence-electron chi connectivity index (χ1n) is 11.3. The number of carbonyl (C=O) groups is 1. The van der Waals surface area contributed by atoms with Crippen LogP contribution in [0.2, 0.25) is 0 Å². The van der Waals surface area contributed by atoms with E-state index in [1.807, 2.05) is 0 Å². The summed E-state index contributed by atoms with van der Waals surface area (Å²) in [6.07, 6.45) is 2.14. The molecule has 172 valence electrons. The van der Waals surface area contributed by atoms with Gasteiger partial charge in [-0.2, -0.15) is 0 Å². The maximum absolute atomic E-state index is 12.0. The zero-order valence-corrected chi connectivity index (χ0v) is 18.8. The van der Waals surface area contributed by atoms with Crippen LogP contribution in [0.25, 0.3) is 0 Å². The lowest BCUT2D eigenvalue weighted by Gasteiger charge is -2.36. The number of amides is 1. The van der Waals surface area contributed by atoms with Gasteiger partial charge in [-0.3, -0.25) is 19.8 Å². The summed E-state index contributed by atoms with van der Waals surface area (Å²) in [5.41, 5.74) is 3.49. The minimum atomic E-state index is -0.417. The first-order valence-corrected chi connectivity index (χ1v) is 11.3. The minimum Gasteiger partial charge on any atom is -0.385 e. The van der Waals surface area contributed by atoms with Gasteiger partial charge in [0.25, 0.3) is 5.69 Å². The molecule has 0 bridgehead atoms. The molecule has 0 aromatic heterocycles. The number of carbonyl (C=O) groups excluding carboxylic acids is 1. The second-order valence-electron chi connectivity index (χ2n) is 8.21. The molecule has 0 radical (unpaired) electrons. The summed E-state index contributed by atoms with van der Waals surface area (Å²) in [5.74, 6) is 0.0692. The number of nitrogens with one attached hydrogen (secondary N) is 2. The molecule has 2 N–H and O–H groups in total. The zero-order chi connectivity index (χ0) is 22.8. The molecule has 3 rings (SSSR count). The van der Waals surface area contributed by atoms with Crippen molar-refractivity contribution in [3.8, 4) is 0 Å². The highest BCUT2D eigenvalue weighted by Gasteiger charge is 2.16. The lowest BCUT2D eigenvalue weighted by atomic mass is 10.2. The van der Waals surface area contributed by atoms with E-state index in [9.17, 15) is 14.9 Å². The van der Waals surface area contributed by atoms with E-state index in [0.29, 0.717) is 25.9 Å². The van der Waals surface area contributed by atoms with Crippen LogP contribution in [0.5, 0.6) is 0 Å². The molecule has 32 heavy (non-hydrogen) atoms. The van der Waals surface area contributed by atoms with Gasteiger partial charge in [0.2, 0.25) is 5.91 Å². The number of rotatable bonds is 11. The molecule has 1 saturated heterocycles. The number of nitro benzene ring substituents is 1. The van der Waals surface area contributed by atoms with Gasteiger partial charge in [-0.05, 0) is 56.1 Å². The van der Waals surface area contributed by atoms with Crippen molar-refractivity contribution < 1.29 is 9.72 Å². The molecule has 0 aliphatic carbocycles. The number of anilines is 2. The molecule has 0 saturated carbocycles. The van der Waals surface area contributed by atoms with Crippen molar-refractivity contribution >= 4 is 23.0 Å². The maximum Gasteiger partial charge on any atom is 0.269 e. The van der Waals surface area contributed by atoms with Crippen LogP contribution < -0.4 is 15.5 Å². The molecule has 0 atom stereocenters. The highest BCUT2D eigenvalue weighted by atomic mass is 16.6. The van der Waals surface area contributed by atoms with Crippen LogP contribution in [-0.2, 0) is 4.79 Å². The molecule has 0 spiro atoms. The molecule has 8 nitrogen and oxygen atoms in total. The van der Waals surface area contributed by atoms with Gasteiger partial charge in [0.1, 0.15) is 0 Å². The summed E-state index contributed by atoms with van der Waals surface area (Å²) < 4.78 is 0. The van der Waals surface area contributed by atoms with Gasteiger partial charge in [0.15, 0.2) is 0 Å². The average Bonchev–Trinajstić information content (AvgIpc) is 2.80. The van der Waals surface area contributed by atoms with Crippen molar-refractivity contribution in [2.45, 2.75) is 26.2 Å². The molecule has 1 fully saturated rings. The molecular formula is C24H33N5O3. The molecule has 1 aliphatic rings. The number of benzene rings is 2. The topological polar surface area (TPSA) is 90.8 Å². The van der Waals surface area contributed by atoms with Crippen LogP contribution in [0.4, 0.5) is 17.1 Å². The van der Waals surface area contributed by atoms with E-state index >= 15 is 0 Å². The summed E-state index contributed by atoms with van der Waals surface area (Å²) in [6, 6.07) is 15.0. The lowest BCUT2D eigenvalue weighted by molar-refractivity contribution is -0.384. The van der Waals surface area contributed by atoms with Gasteiger partial charge in [0, 0.05) is 69.2 Å². The first-order chi connectivity index (χ1) is 15.5. The number of hydrogen-bond donors (Lipinski definition) is 2. The predicted molar refractivity (Wildman–Crippen MR) is 128 cm³/mol. The molecule has 1 heterocycles. The normalized spacial score (nSPS) is 14.2. The Balaban J connectivity index is 1.22. The van der Waals surface area contributed by atoms with Gasteiger partial charge in [-0.1, -0.05) is 12.1 Å². The minimum absolute atomic E-state index is 0.0692. The second kappa shape index (κ2) is 12.0. The van der Waals surface area contributed by atoms with Gasteiger partial charge in [0.05, 0.1) is 4.92 Å². The zero-order valence-electron chi connectivity index (χ0n) is 18.8. The second-order valence-corrected chi connectivity index (χ2v) is 8.21. The Morgan fingerprint density at radius 2 is 1.78 bits per heavy atom. The van der Waals surface area contributed by atoms with E-state index in [0.717, 1.165) is 44.8 Å². The fourth-order valence-electron chi connectivity index (χ4n) is 3.86. The van der Waals surface area contributed by atoms with Gasteiger partial charge >= 0.3 is 0 Å². The van der Waals surface area contributed by atoms with E-state index in [1.165, 1.54) is 23.4 Å². The number of hydrogen-bond acceptors (Lipinski definition) is 6. The van der Waals surface area contributed by atoms with Crippen LogP contribution in [0.15, 0.2) is 48.5 Å². The van der Waals surface area contributed by atoms with E-state index < -0.39 is 4.92 Å². The summed E-state index contributed by atoms with van der Waals surface area (Å²) in [6.45, 7) is 8.66. The fraction of sp³-hybridized carbons (Fsp3) is 0.458. The largest absolute Gasteiger partial charge is 0.385 e. The van der Waals surface area contributed by atoms with Crippen LogP contribution in [-0.4, -0.2) is 61.5 Å². The number of non-ortho nitro benzene ring substituents is 1. The lowest BCUT2D eigenvalue weighted by Crippen LogP contribution is -2.47. The van der Waals surface area contributed by atoms with E-state index in [4.69, 9.17) is 0 Å². The van der Waals surface area contributed by atoms with Crippen LogP contribution in [0.3, 0.4) is 0 Å². The predicted octanol–water partition coefficient (Wildman–Crippen LogP) is 3.42. The van der Waals surface area contributed by atoms with Crippen LogP contribution in [0, 0.1) is 17.0 Å². The van der Waals surface area contributed by atoms with Crippen molar-refractivity contribution in [2.75, 3.05) is 56.0 Å². The third-order valence-corrected chi connectivity index (χ3v) is 5.70. The van der Waals surface area contributed by atoms with Crippen molar-refractivity contribution in [2.24, 2.45) is 0 Å². The molecule has 1 aliphatic heterocycles. The quantitative estimate of drug-likeness (QED) is 0.317. The highest BCUT2D eigenvalue weighted by molar-refractivity contribution is 5.75. The number of piperazine rings is 1. The van der Waals surface area contributed by atoms with Gasteiger partial charge in [-0.25, -0.2) is 0 Å². The molecule has 0 unspecified atom stereocenters. The van der Waals surface area contributed by atoms with Crippen molar-refractivity contribution in [1.29, 1.82) is 0 Å². The Morgan fingerprint density at radius 3 is 2.47 bits per heavy atom. The Hall–Kier alpha value is -3.13. The van der Waals surface area contributed by atoms with Gasteiger partial charge < -0.3 is 15.5 Å². The summed E-state index contributed by atoms with van der Waals surface area (Å²) >= 11 is 0. The van der Waals surface area contributed by atoms with E-state index in [2.05, 4.69) is 51.6 Å². The number of nitrogens with zero attached hydrogens (tertiary/aromatic N) is 3. The van der Waals surface area contributed by atoms with Crippen molar-refractivity contribution in [3.05, 3.63) is 64.2 Å². The maximum atomic E-state index is 12.0. The Labute approximate surface area is 189 Å². The summed E-state index contributed by atoms with van der Waals surface area (Å²) in [5, 5.41) is 16.8. The van der Waals surface area contributed by atoms with Gasteiger partial charge in [-0.15, -0.1) is 0 Å². The molecule has 8 heteroatoms. The Morgan fingerprint density at radius 1 is 1.03 bits per heavy atom. The molecule has 2 aromatic carbocycles. The van der Waals surface area contributed by atoms with Crippen molar-refractivity contribution in [1.82, 2.24) is 10.2 Å². The highest BCUT2D eigenvalue weighted by Crippen LogP contribution is 2.18. The van der Waals surface area contributed by atoms with E-state index in [-0.39, 0.29) is 11.6 Å². The molecule has 2 aromatic rings. The summed E-state index contributed by atoms with van der Waals surface area (Å²) in [4.78, 5) is 27.2.